The third-order valence-corrected chi connectivity index (χ3v) is 8.52. The van der Waals surface area contributed by atoms with Crippen LogP contribution in [0.1, 0.15) is 54.0 Å². The number of fused-ring (bicyclic) bond motifs is 1. The zero-order valence-corrected chi connectivity index (χ0v) is 31.1. The summed E-state index contributed by atoms with van der Waals surface area (Å²) in [7, 11) is 0. The molecule has 0 atom stereocenters. The quantitative estimate of drug-likeness (QED) is 0.106. The Balaban J connectivity index is 0.000000213. The molecule has 0 radical (unpaired) electrons. The number of halogens is 1. The SMILES string of the molecule is C.Cc1noc(C)c1-c1cnc(N)c(NCc2ccccc2)c1C.Cc1noc(C)c1-c1cnc2[nH]c(=O)n(Cc3ccccc3)c2c1C.[2H]CI. The van der Waals surface area contributed by atoms with Crippen LogP contribution in [-0.2, 0) is 13.1 Å². The summed E-state index contributed by atoms with van der Waals surface area (Å²) >= 11 is 1.96. The van der Waals surface area contributed by atoms with E-state index in [0.29, 0.717) is 29.5 Å². The van der Waals surface area contributed by atoms with Gasteiger partial charge in [0.15, 0.2) is 5.65 Å². The number of hydrogen-bond acceptors (Lipinski definition) is 9. The number of nitrogens with one attached hydrogen (secondary N) is 2. The largest absolute Gasteiger partial charge is 0.382 e. The molecule has 0 bridgehead atoms. The molecule has 7 rings (SSSR count). The van der Waals surface area contributed by atoms with E-state index >= 15 is 0 Å². The maximum atomic E-state index is 12.5. The van der Waals surface area contributed by atoms with Crippen LogP contribution in [0.15, 0.2) is 86.9 Å². The van der Waals surface area contributed by atoms with Gasteiger partial charge in [-0.3, -0.25) is 9.55 Å². The summed E-state index contributed by atoms with van der Waals surface area (Å²) in [5.74, 6) is 2.02. The molecule has 0 amide bonds. The first-order chi connectivity index (χ1) is 24.5. The first-order valence-electron chi connectivity index (χ1n) is 16.6. The van der Waals surface area contributed by atoms with Crippen molar-refractivity contribution in [3.8, 4) is 22.3 Å². The molecule has 12 heteroatoms. The number of aromatic amines is 1. The van der Waals surface area contributed by atoms with Crippen molar-refractivity contribution in [2.24, 2.45) is 0 Å². The minimum atomic E-state index is -0.162. The van der Waals surface area contributed by atoms with Gasteiger partial charge in [0.05, 0.1) is 29.1 Å². The van der Waals surface area contributed by atoms with Crippen molar-refractivity contribution in [3.63, 3.8) is 0 Å². The van der Waals surface area contributed by atoms with Gasteiger partial charge in [-0.15, -0.1) is 0 Å². The Morgan fingerprint density at radius 2 is 1.33 bits per heavy atom. The molecule has 2 aromatic carbocycles. The molecule has 0 saturated carbocycles. The Morgan fingerprint density at radius 3 is 1.86 bits per heavy atom. The number of H-pyrrole nitrogens is 1. The molecule has 11 nitrogen and oxygen atoms in total. The van der Waals surface area contributed by atoms with E-state index in [2.05, 4.69) is 42.7 Å². The van der Waals surface area contributed by atoms with Crippen LogP contribution >= 0.6 is 22.6 Å². The van der Waals surface area contributed by atoms with Crippen molar-refractivity contribution >= 4 is 45.3 Å². The number of alkyl halides is 1. The predicted octanol–water partition coefficient (Wildman–Crippen LogP) is 8.90. The molecule has 0 aliphatic rings. The van der Waals surface area contributed by atoms with Gasteiger partial charge in [0, 0.05) is 42.6 Å². The number of aromatic nitrogens is 6. The van der Waals surface area contributed by atoms with Crippen molar-refractivity contribution in [1.82, 2.24) is 29.8 Å². The standard InChI is InChI=1S/C19H18N4O2.C18H20N4O.CH3I.CH4/c1-11-15(16-12(2)22-25-13(16)3)9-20-18-17(11)23(19(24)21-18)10-14-7-5-4-6-8-14;1-11-15(16-12(2)22-23-13(16)3)10-21-18(19)17(11)20-9-14-7-5-4-6-8-14;1-2;/h4-9H,10H2,1-3H3,(H,20,21,24);4-8,10,20H,9H2,1-3H3,(H2,19,21);1H3;1H4/i;;1D;. The molecule has 5 aromatic heterocycles. The lowest BCUT2D eigenvalue weighted by atomic mass is 10.00. The highest BCUT2D eigenvalue weighted by Gasteiger charge is 2.20. The maximum absolute atomic E-state index is 12.5. The van der Waals surface area contributed by atoms with Crippen molar-refractivity contribution in [2.45, 2.75) is 62.1 Å². The number of aryl methyl sites for hydroxylation is 5. The lowest BCUT2D eigenvalue weighted by molar-refractivity contribution is 0.393. The molecule has 0 spiro atoms. The third-order valence-electron chi connectivity index (χ3n) is 8.52. The average Bonchev–Trinajstić information content (AvgIpc) is 3.75. The number of rotatable bonds is 7. The molecule has 4 N–H and O–H groups in total. The Bertz CT molecular complexity index is 2260. The predicted molar refractivity (Wildman–Crippen MR) is 214 cm³/mol. The van der Waals surface area contributed by atoms with Crippen LogP contribution in [0.5, 0.6) is 0 Å². The fraction of sp³-hybridized carbons (Fsp3) is 0.256. The number of imidazole rings is 1. The summed E-state index contributed by atoms with van der Waals surface area (Å²) in [6.45, 7) is 12.8. The van der Waals surface area contributed by atoms with Gasteiger partial charge in [0.2, 0.25) is 0 Å². The van der Waals surface area contributed by atoms with E-state index in [4.69, 9.17) is 16.2 Å². The highest BCUT2D eigenvalue weighted by atomic mass is 127. The molecular formula is C39H45IN8O3. The Hall–Kier alpha value is -5.24. The first-order valence-corrected chi connectivity index (χ1v) is 17.4. The highest BCUT2D eigenvalue weighted by molar-refractivity contribution is 14.1. The lowest BCUT2D eigenvalue weighted by Gasteiger charge is -2.15. The molecule has 51 heavy (non-hydrogen) atoms. The Labute approximate surface area is 313 Å². The van der Waals surface area contributed by atoms with E-state index in [9.17, 15) is 4.79 Å². The Kier molecular flexibility index (Phi) is 12.4. The van der Waals surface area contributed by atoms with Crippen LogP contribution in [0.2, 0.25) is 0 Å². The first kappa shape index (κ1) is 37.0. The molecule has 0 aliphatic carbocycles. The van der Waals surface area contributed by atoms with Gasteiger partial charge in [-0.25, -0.2) is 14.8 Å². The van der Waals surface area contributed by atoms with Crippen LogP contribution in [0.3, 0.4) is 0 Å². The fourth-order valence-electron chi connectivity index (χ4n) is 6.07. The zero-order chi connectivity index (χ0) is 36.7. The summed E-state index contributed by atoms with van der Waals surface area (Å²) in [4.78, 5) is 24.6. The highest BCUT2D eigenvalue weighted by Crippen LogP contribution is 2.35. The zero-order valence-electron chi connectivity index (χ0n) is 30.0. The normalized spacial score (nSPS) is 10.8. The van der Waals surface area contributed by atoms with Crippen LogP contribution in [0, 0.1) is 41.5 Å². The lowest BCUT2D eigenvalue weighted by Crippen LogP contribution is -2.17. The minimum absolute atomic E-state index is 0. The average molecular weight is 802 g/mol. The topological polar surface area (TPSA) is 154 Å². The van der Waals surface area contributed by atoms with Crippen molar-refractivity contribution in [3.05, 3.63) is 129 Å². The molecule has 266 valence electrons. The molecule has 0 fully saturated rings. The van der Waals surface area contributed by atoms with Gasteiger partial charge < -0.3 is 20.1 Å². The number of nitrogens with zero attached hydrogens (tertiary/aromatic N) is 5. The van der Waals surface area contributed by atoms with Gasteiger partial charge in [0.1, 0.15) is 17.3 Å². The number of hydrogen-bond donors (Lipinski definition) is 3. The summed E-state index contributed by atoms with van der Waals surface area (Å²) in [6.07, 6.45) is 3.55. The number of benzene rings is 2. The third kappa shape index (κ3) is 8.22. The van der Waals surface area contributed by atoms with Crippen LogP contribution in [-0.4, -0.2) is 34.7 Å². The van der Waals surface area contributed by atoms with E-state index < -0.39 is 0 Å². The van der Waals surface area contributed by atoms with E-state index in [1.165, 1.54) is 5.56 Å². The molecule has 0 aliphatic heterocycles. The van der Waals surface area contributed by atoms with Crippen LogP contribution < -0.4 is 16.7 Å². The Morgan fingerprint density at radius 1 is 0.824 bits per heavy atom. The molecule has 0 unspecified atom stereocenters. The second-order valence-electron chi connectivity index (χ2n) is 11.8. The maximum Gasteiger partial charge on any atom is 0.327 e. The van der Waals surface area contributed by atoms with E-state index in [0.717, 1.165) is 73.1 Å². The number of anilines is 2. The molecule has 0 saturated heterocycles. The summed E-state index contributed by atoms with van der Waals surface area (Å²) in [5.41, 5.74) is 18.0. The van der Waals surface area contributed by atoms with Gasteiger partial charge in [0.25, 0.3) is 0 Å². The second kappa shape index (κ2) is 17.1. The van der Waals surface area contributed by atoms with Crippen molar-refractivity contribution in [2.75, 3.05) is 16.0 Å². The van der Waals surface area contributed by atoms with Crippen molar-refractivity contribution in [1.29, 1.82) is 0 Å². The number of nitrogens with two attached hydrogens (primary N) is 1. The smallest absolute Gasteiger partial charge is 0.327 e. The van der Waals surface area contributed by atoms with Crippen LogP contribution in [0.4, 0.5) is 11.5 Å². The van der Waals surface area contributed by atoms with Gasteiger partial charge in [-0.1, -0.05) is 101 Å². The van der Waals surface area contributed by atoms with E-state index in [1.54, 1.807) is 17.0 Å². The summed E-state index contributed by atoms with van der Waals surface area (Å²) < 4.78 is 18.5. The summed E-state index contributed by atoms with van der Waals surface area (Å²) in [5, 5.41) is 11.5. The second-order valence-corrected chi connectivity index (χ2v) is 11.8. The molecular weight excluding hydrogens is 755 g/mol. The van der Waals surface area contributed by atoms with E-state index in [-0.39, 0.29) is 13.1 Å². The van der Waals surface area contributed by atoms with Crippen molar-refractivity contribution < 1.29 is 10.4 Å². The number of pyridine rings is 2. The summed E-state index contributed by atoms with van der Waals surface area (Å²) in [6, 6.07) is 20.1. The van der Waals surface area contributed by atoms with Gasteiger partial charge in [-0.2, -0.15) is 0 Å². The number of nitrogen functional groups attached to an aromatic ring is 1. The minimum Gasteiger partial charge on any atom is -0.382 e. The van der Waals surface area contributed by atoms with E-state index in [1.807, 2.05) is 113 Å². The van der Waals surface area contributed by atoms with Gasteiger partial charge in [-0.05, 0) is 68.7 Å². The van der Waals surface area contributed by atoms with Gasteiger partial charge >= 0.3 is 5.69 Å². The molecule has 5 heterocycles. The fourth-order valence-corrected chi connectivity index (χ4v) is 6.07. The van der Waals surface area contributed by atoms with Crippen LogP contribution in [0.25, 0.3) is 33.4 Å². The monoisotopic (exact) mass is 801 g/mol. The molecule has 7 aromatic rings.